The highest BCUT2D eigenvalue weighted by Crippen LogP contribution is 2.20. The Hall–Kier alpha value is -2.01. The molecule has 6 heteroatoms. The molecule has 0 radical (unpaired) electrons. The van der Waals surface area contributed by atoms with Gasteiger partial charge in [-0.05, 0) is 30.2 Å². The number of carboxylic acids is 1. The van der Waals surface area contributed by atoms with Crippen molar-refractivity contribution >= 4 is 23.3 Å². The lowest BCUT2D eigenvalue weighted by Gasteiger charge is -2.09. The highest BCUT2D eigenvalue weighted by Gasteiger charge is 2.10. The van der Waals surface area contributed by atoms with Crippen LogP contribution in [0.1, 0.15) is 15.9 Å². The minimum absolute atomic E-state index is 0.179. The number of benzene rings is 1. The third-order valence-corrected chi connectivity index (χ3v) is 2.93. The second-order valence-corrected chi connectivity index (χ2v) is 4.63. The van der Waals surface area contributed by atoms with E-state index in [4.69, 9.17) is 16.7 Å². The number of nitrogens with zero attached hydrogens (tertiary/aromatic N) is 2. The van der Waals surface area contributed by atoms with Gasteiger partial charge in [-0.15, -0.1) is 0 Å². The van der Waals surface area contributed by atoms with Crippen LogP contribution in [-0.4, -0.2) is 27.4 Å². The van der Waals surface area contributed by atoms with E-state index in [2.05, 4.69) is 10.4 Å². The molecule has 0 unspecified atom stereocenters. The Balaban J connectivity index is 2.01. The lowest BCUT2D eigenvalue weighted by Crippen LogP contribution is -2.09. The van der Waals surface area contributed by atoms with Gasteiger partial charge in [-0.3, -0.25) is 4.68 Å². The SMILES string of the molecule is Cn1cc(CCNc2ccc(Cl)cc2C(=O)O)cn1. The Morgan fingerprint density at radius 2 is 2.32 bits per heavy atom. The fourth-order valence-electron chi connectivity index (χ4n) is 1.79. The first-order valence-corrected chi connectivity index (χ1v) is 6.18. The maximum absolute atomic E-state index is 11.1. The molecule has 0 saturated carbocycles. The Bertz CT molecular complexity index is 595. The lowest BCUT2D eigenvalue weighted by molar-refractivity contribution is 0.0698. The molecule has 0 fully saturated rings. The van der Waals surface area contributed by atoms with Gasteiger partial charge in [-0.25, -0.2) is 4.79 Å². The zero-order valence-electron chi connectivity index (χ0n) is 10.4. The van der Waals surface area contributed by atoms with Crippen LogP contribution >= 0.6 is 11.6 Å². The molecule has 0 spiro atoms. The van der Waals surface area contributed by atoms with Crippen molar-refractivity contribution in [2.45, 2.75) is 6.42 Å². The number of halogens is 1. The fraction of sp³-hybridized carbons (Fsp3) is 0.231. The third-order valence-electron chi connectivity index (χ3n) is 2.70. The van der Waals surface area contributed by atoms with E-state index in [9.17, 15) is 4.79 Å². The second kappa shape index (κ2) is 5.75. The topological polar surface area (TPSA) is 67.2 Å². The van der Waals surface area contributed by atoms with E-state index in [1.54, 1.807) is 23.0 Å². The summed E-state index contributed by atoms with van der Waals surface area (Å²) < 4.78 is 1.74. The van der Waals surface area contributed by atoms with Gasteiger partial charge < -0.3 is 10.4 Å². The van der Waals surface area contributed by atoms with Crippen molar-refractivity contribution in [3.05, 3.63) is 46.7 Å². The van der Waals surface area contributed by atoms with Gasteiger partial charge >= 0.3 is 5.97 Å². The van der Waals surface area contributed by atoms with Crippen LogP contribution in [0.4, 0.5) is 5.69 Å². The van der Waals surface area contributed by atoms with Gasteiger partial charge in [-0.2, -0.15) is 5.10 Å². The predicted molar refractivity (Wildman–Crippen MR) is 73.8 cm³/mol. The standard InChI is InChI=1S/C13H14ClN3O2/c1-17-8-9(7-16-17)4-5-15-12-3-2-10(14)6-11(12)13(18)19/h2-3,6-8,15H,4-5H2,1H3,(H,18,19). The second-order valence-electron chi connectivity index (χ2n) is 4.19. The number of hydrogen-bond acceptors (Lipinski definition) is 3. The van der Waals surface area contributed by atoms with Gasteiger partial charge in [0.1, 0.15) is 0 Å². The Morgan fingerprint density at radius 3 is 2.95 bits per heavy atom. The Kier molecular flexibility index (Phi) is 4.06. The van der Waals surface area contributed by atoms with Gasteiger partial charge in [0, 0.05) is 30.5 Å². The molecule has 1 heterocycles. The first kappa shape index (κ1) is 13.4. The minimum Gasteiger partial charge on any atom is -0.478 e. The van der Waals surface area contributed by atoms with Crippen molar-refractivity contribution in [3.8, 4) is 0 Å². The van der Waals surface area contributed by atoms with Crippen LogP contribution < -0.4 is 5.32 Å². The van der Waals surface area contributed by atoms with Gasteiger partial charge in [0.2, 0.25) is 0 Å². The van der Waals surface area contributed by atoms with E-state index in [0.29, 0.717) is 17.3 Å². The van der Waals surface area contributed by atoms with Crippen molar-refractivity contribution in [3.63, 3.8) is 0 Å². The number of aromatic carboxylic acids is 1. The molecule has 0 aliphatic carbocycles. The molecule has 2 N–H and O–H groups in total. The van der Waals surface area contributed by atoms with E-state index >= 15 is 0 Å². The number of nitrogens with one attached hydrogen (secondary N) is 1. The normalized spacial score (nSPS) is 10.4. The maximum atomic E-state index is 11.1. The summed E-state index contributed by atoms with van der Waals surface area (Å²) in [6.45, 7) is 0.633. The van der Waals surface area contributed by atoms with Crippen molar-refractivity contribution < 1.29 is 9.90 Å². The lowest BCUT2D eigenvalue weighted by atomic mass is 10.1. The van der Waals surface area contributed by atoms with Crippen LogP contribution in [-0.2, 0) is 13.5 Å². The van der Waals surface area contributed by atoms with Crippen molar-refractivity contribution in [2.75, 3.05) is 11.9 Å². The molecule has 1 aromatic heterocycles. The molecule has 0 atom stereocenters. The molecule has 100 valence electrons. The molecule has 0 amide bonds. The molecular formula is C13H14ClN3O2. The summed E-state index contributed by atoms with van der Waals surface area (Å²) in [6, 6.07) is 4.78. The number of anilines is 1. The number of hydrogen-bond donors (Lipinski definition) is 2. The summed E-state index contributed by atoms with van der Waals surface area (Å²) in [5.41, 5.74) is 1.85. The zero-order valence-corrected chi connectivity index (χ0v) is 11.2. The number of carbonyl (C=O) groups is 1. The van der Waals surface area contributed by atoms with E-state index in [0.717, 1.165) is 12.0 Å². The fourth-order valence-corrected chi connectivity index (χ4v) is 1.96. The van der Waals surface area contributed by atoms with Crippen LogP contribution in [0, 0.1) is 0 Å². The van der Waals surface area contributed by atoms with Gasteiger partial charge in [0.25, 0.3) is 0 Å². The van der Waals surface area contributed by atoms with Crippen molar-refractivity contribution in [1.82, 2.24) is 9.78 Å². The smallest absolute Gasteiger partial charge is 0.337 e. The molecule has 0 aliphatic rings. The van der Waals surface area contributed by atoms with Gasteiger partial charge in [-0.1, -0.05) is 11.6 Å². The predicted octanol–water partition coefficient (Wildman–Crippen LogP) is 2.43. The zero-order chi connectivity index (χ0) is 13.8. The molecule has 5 nitrogen and oxygen atoms in total. The van der Waals surface area contributed by atoms with E-state index in [1.807, 2.05) is 13.2 Å². The number of aryl methyl sites for hydroxylation is 1. The molecule has 0 aliphatic heterocycles. The summed E-state index contributed by atoms with van der Waals surface area (Å²) in [4.78, 5) is 11.1. The van der Waals surface area contributed by atoms with Gasteiger partial charge in [0.05, 0.1) is 11.8 Å². The van der Waals surface area contributed by atoms with Crippen LogP contribution in [0.5, 0.6) is 0 Å². The van der Waals surface area contributed by atoms with Crippen LogP contribution in [0.2, 0.25) is 5.02 Å². The van der Waals surface area contributed by atoms with E-state index < -0.39 is 5.97 Å². The first-order valence-electron chi connectivity index (χ1n) is 5.80. The van der Waals surface area contributed by atoms with Crippen LogP contribution in [0.15, 0.2) is 30.6 Å². The van der Waals surface area contributed by atoms with Crippen molar-refractivity contribution in [2.24, 2.45) is 7.05 Å². The van der Waals surface area contributed by atoms with Crippen molar-refractivity contribution in [1.29, 1.82) is 0 Å². The molecule has 19 heavy (non-hydrogen) atoms. The first-order chi connectivity index (χ1) is 9.06. The Morgan fingerprint density at radius 1 is 1.53 bits per heavy atom. The quantitative estimate of drug-likeness (QED) is 0.882. The third kappa shape index (κ3) is 3.48. The Labute approximate surface area is 115 Å². The number of rotatable bonds is 5. The monoisotopic (exact) mass is 279 g/mol. The molecule has 1 aromatic carbocycles. The summed E-state index contributed by atoms with van der Waals surface area (Å²) in [5, 5.41) is 16.7. The molecular weight excluding hydrogens is 266 g/mol. The van der Waals surface area contributed by atoms with Crippen LogP contribution in [0.25, 0.3) is 0 Å². The number of carboxylic acid groups (broad SMARTS) is 1. The van der Waals surface area contributed by atoms with Crippen LogP contribution in [0.3, 0.4) is 0 Å². The molecule has 0 bridgehead atoms. The van der Waals surface area contributed by atoms with E-state index in [-0.39, 0.29) is 5.56 Å². The molecule has 2 aromatic rings. The molecule has 2 rings (SSSR count). The minimum atomic E-state index is -0.994. The largest absolute Gasteiger partial charge is 0.478 e. The van der Waals surface area contributed by atoms with E-state index in [1.165, 1.54) is 6.07 Å². The highest BCUT2D eigenvalue weighted by atomic mass is 35.5. The highest BCUT2D eigenvalue weighted by molar-refractivity contribution is 6.31. The van der Waals surface area contributed by atoms with Gasteiger partial charge in [0.15, 0.2) is 0 Å². The summed E-state index contributed by atoms with van der Waals surface area (Å²) >= 11 is 5.79. The average Bonchev–Trinajstić information content (AvgIpc) is 2.77. The number of aromatic nitrogens is 2. The average molecular weight is 280 g/mol. The summed E-state index contributed by atoms with van der Waals surface area (Å²) in [5.74, 6) is -0.994. The maximum Gasteiger partial charge on any atom is 0.337 e. The summed E-state index contributed by atoms with van der Waals surface area (Å²) in [6.07, 6.45) is 4.50. The molecule has 0 saturated heterocycles. The summed E-state index contributed by atoms with van der Waals surface area (Å²) in [7, 11) is 1.86.